The number of anilines is 1. The molecule has 0 aliphatic carbocycles. The van der Waals surface area contributed by atoms with E-state index in [2.05, 4.69) is 35.9 Å². The zero-order valence-corrected chi connectivity index (χ0v) is 19.7. The Hall–Kier alpha value is -2.96. The van der Waals surface area contributed by atoms with Crippen LogP contribution in [0.2, 0.25) is 5.02 Å². The Bertz CT molecular complexity index is 1240. The van der Waals surface area contributed by atoms with Gasteiger partial charge in [0.25, 0.3) is 0 Å². The number of fused-ring (bicyclic) bond motifs is 1. The smallest absolute Gasteiger partial charge is 0.174 e. The minimum atomic E-state index is 0.445. The van der Waals surface area contributed by atoms with Gasteiger partial charge in [-0.2, -0.15) is 0 Å². The highest BCUT2D eigenvalue weighted by Crippen LogP contribution is 2.30. The average molecular weight is 466 g/mol. The lowest BCUT2D eigenvalue weighted by Gasteiger charge is -2.28. The van der Waals surface area contributed by atoms with Crippen LogP contribution < -0.4 is 9.64 Å². The molecule has 7 heteroatoms. The van der Waals surface area contributed by atoms with Crippen LogP contribution in [0.25, 0.3) is 22.6 Å². The molecule has 3 heterocycles. The van der Waals surface area contributed by atoms with E-state index in [1.807, 2.05) is 36.4 Å². The molecule has 4 aromatic rings. The van der Waals surface area contributed by atoms with Crippen molar-refractivity contribution in [2.24, 2.45) is 5.92 Å². The molecule has 1 aliphatic heterocycles. The van der Waals surface area contributed by atoms with Gasteiger partial charge in [0.15, 0.2) is 11.6 Å². The quantitative estimate of drug-likeness (QED) is 0.366. The lowest BCUT2D eigenvalue weighted by Crippen LogP contribution is -2.36. The summed E-state index contributed by atoms with van der Waals surface area (Å²) in [6.07, 6.45) is 0.593. The largest absolute Gasteiger partial charge is 0.493 e. The van der Waals surface area contributed by atoms with Crippen LogP contribution in [0.5, 0.6) is 5.75 Å². The molecule has 1 fully saturated rings. The molecule has 1 saturated heterocycles. The van der Waals surface area contributed by atoms with Gasteiger partial charge in [0.05, 0.1) is 30.9 Å². The number of imidazole rings is 1. The molecular weight excluding hydrogens is 438 g/mol. The fourth-order valence-electron chi connectivity index (χ4n) is 4.00. The first kappa shape index (κ1) is 21.9. The van der Waals surface area contributed by atoms with Crippen molar-refractivity contribution in [3.05, 3.63) is 64.9 Å². The molecule has 0 bridgehead atoms. The van der Waals surface area contributed by atoms with E-state index < -0.39 is 0 Å². The number of nitrogens with one attached hydrogen (secondary N) is 1. The fourth-order valence-corrected chi connectivity index (χ4v) is 4.20. The summed E-state index contributed by atoms with van der Waals surface area (Å²) in [5, 5.41) is 0.682. The van der Waals surface area contributed by atoms with Gasteiger partial charge in [0, 0.05) is 35.8 Å². The number of furan rings is 1. The summed E-state index contributed by atoms with van der Waals surface area (Å²) in [5.74, 6) is 3.54. The molecule has 2 aromatic heterocycles. The highest BCUT2D eigenvalue weighted by molar-refractivity contribution is 6.30. The molecule has 0 spiro atoms. The predicted molar refractivity (Wildman–Crippen MR) is 131 cm³/mol. The normalized spacial score (nSPS) is 14.4. The highest BCUT2D eigenvalue weighted by Gasteiger charge is 2.15. The maximum atomic E-state index is 6.25. The van der Waals surface area contributed by atoms with E-state index >= 15 is 0 Å². The van der Waals surface area contributed by atoms with Crippen molar-refractivity contribution in [1.29, 1.82) is 0 Å². The van der Waals surface area contributed by atoms with Gasteiger partial charge in [-0.3, -0.25) is 0 Å². The number of nitrogens with zero attached hydrogens (tertiary/aromatic N) is 2. The molecule has 0 amide bonds. The van der Waals surface area contributed by atoms with E-state index in [-0.39, 0.29) is 0 Å². The third kappa shape index (κ3) is 5.02. The van der Waals surface area contributed by atoms with Crippen LogP contribution >= 0.6 is 11.6 Å². The van der Waals surface area contributed by atoms with Gasteiger partial charge >= 0.3 is 0 Å². The number of halogens is 1. The Morgan fingerprint density at radius 1 is 1.09 bits per heavy atom. The molecule has 2 aromatic carbocycles. The molecule has 5 rings (SSSR count). The number of morpholine rings is 1. The van der Waals surface area contributed by atoms with Crippen LogP contribution in [-0.4, -0.2) is 42.9 Å². The van der Waals surface area contributed by atoms with Crippen molar-refractivity contribution >= 4 is 28.3 Å². The second kappa shape index (κ2) is 9.49. The Balaban J connectivity index is 1.36. The topological polar surface area (TPSA) is 63.5 Å². The average Bonchev–Trinajstić information content (AvgIpc) is 3.45. The van der Waals surface area contributed by atoms with Gasteiger partial charge in [0.2, 0.25) is 0 Å². The molecule has 1 N–H and O–H groups in total. The Morgan fingerprint density at radius 2 is 1.94 bits per heavy atom. The van der Waals surface area contributed by atoms with Gasteiger partial charge in [0.1, 0.15) is 11.5 Å². The van der Waals surface area contributed by atoms with Crippen LogP contribution in [0, 0.1) is 5.92 Å². The van der Waals surface area contributed by atoms with E-state index in [1.54, 1.807) is 0 Å². The third-order valence-corrected chi connectivity index (χ3v) is 5.93. The summed E-state index contributed by atoms with van der Waals surface area (Å²) in [6, 6.07) is 16.0. The zero-order valence-electron chi connectivity index (χ0n) is 18.9. The molecular formula is C26H28ClN3O3. The van der Waals surface area contributed by atoms with Crippen LogP contribution in [0.1, 0.15) is 25.2 Å². The predicted octanol–water partition coefficient (Wildman–Crippen LogP) is 5.94. The minimum absolute atomic E-state index is 0.445. The molecule has 172 valence electrons. The lowest BCUT2D eigenvalue weighted by molar-refractivity contribution is 0.122. The molecule has 0 atom stereocenters. The Morgan fingerprint density at radius 3 is 2.76 bits per heavy atom. The van der Waals surface area contributed by atoms with Crippen molar-refractivity contribution in [3.63, 3.8) is 0 Å². The molecule has 0 radical (unpaired) electrons. The summed E-state index contributed by atoms with van der Waals surface area (Å²) in [6.45, 7) is 8.25. The lowest BCUT2D eigenvalue weighted by atomic mass is 10.1. The van der Waals surface area contributed by atoms with E-state index in [0.717, 1.165) is 60.2 Å². The number of hydrogen-bond donors (Lipinski definition) is 1. The number of ether oxygens (including phenoxy) is 2. The van der Waals surface area contributed by atoms with Gasteiger partial charge in [-0.1, -0.05) is 25.4 Å². The van der Waals surface area contributed by atoms with Crippen molar-refractivity contribution in [3.8, 4) is 17.3 Å². The molecule has 0 saturated carbocycles. The van der Waals surface area contributed by atoms with E-state index in [9.17, 15) is 0 Å². The van der Waals surface area contributed by atoms with Gasteiger partial charge < -0.3 is 23.8 Å². The highest BCUT2D eigenvalue weighted by atomic mass is 35.5. The van der Waals surface area contributed by atoms with Gasteiger partial charge in [-0.25, -0.2) is 4.98 Å². The number of rotatable bonds is 7. The minimum Gasteiger partial charge on any atom is -0.493 e. The molecule has 6 nitrogen and oxygen atoms in total. The summed E-state index contributed by atoms with van der Waals surface area (Å²) < 4.78 is 17.6. The molecule has 0 unspecified atom stereocenters. The number of benzene rings is 2. The summed E-state index contributed by atoms with van der Waals surface area (Å²) >= 11 is 6.25. The Kier molecular flexibility index (Phi) is 6.29. The number of hydrogen-bond acceptors (Lipinski definition) is 5. The van der Waals surface area contributed by atoms with Crippen LogP contribution in [-0.2, 0) is 11.2 Å². The van der Waals surface area contributed by atoms with Crippen LogP contribution in [0.15, 0.2) is 52.9 Å². The maximum Gasteiger partial charge on any atom is 0.174 e. The fraction of sp³-hybridized carbons (Fsp3) is 0.346. The van der Waals surface area contributed by atoms with Gasteiger partial charge in [-0.15, -0.1) is 0 Å². The van der Waals surface area contributed by atoms with E-state index in [0.29, 0.717) is 29.7 Å². The summed E-state index contributed by atoms with van der Waals surface area (Å²) in [4.78, 5) is 10.5. The van der Waals surface area contributed by atoms with Crippen molar-refractivity contribution in [1.82, 2.24) is 9.97 Å². The van der Waals surface area contributed by atoms with Crippen LogP contribution in [0.4, 0.5) is 5.69 Å². The number of aromatic amines is 1. The second-order valence-electron chi connectivity index (χ2n) is 8.79. The SMILES string of the molecule is CC(C)COc1ccc(Cl)cc1Cc1ccc(-c2nc3ccc(N4CCOCC4)cc3[nH]2)o1. The summed E-state index contributed by atoms with van der Waals surface area (Å²) in [7, 11) is 0. The third-order valence-electron chi connectivity index (χ3n) is 5.70. The number of aromatic nitrogens is 2. The van der Waals surface area contributed by atoms with E-state index in [1.165, 1.54) is 5.69 Å². The number of H-pyrrole nitrogens is 1. The van der Waals surface area contributed by atoms with Gasteiger partial charge in [-0.05, 0) is 54.4 Å². The Labute approximate surface area is 198 Å². The monoisotopic (exact) mass is 465 g/mol. The van der Waals surface area contributed by atoms with Crippen LogP contribution in [0.3, 0.4) is 0 Å². The first-order valence-corrected chi connectivity index (χ1v) is 11.8. The van der Waals surface area contributed by atoms with E-state index in [4.69, 9.17) is 30.5 Å². The first-order chi connectivity index (χ1) is 16.0. The first-order valence-electron chi connectivity index (χ1n) is 11.4. The van der Waals surface area contributed by atoms with Crippen molar-refractivity contribution in [2.45, 2.75) is 20.3 Å². The van der Waals surface area contributed by atoms with Crippen molar-refractivity contribution in [2.75, 3.05) is 37.8 Å². The standard InChI is InChI=1S/C26H28ClN3O3/c1-17(2)16-32-24-7-3-19(27)13-18(24)14-21-5-8-25(33-21)26-28-22-6-4-20(15-23(22)29-26)30-9-11-31-12-10-30/h3-8,13,15,17H,9-12,14,16H2,1-2H3,(H,28,29). The molecule has 1 aliphatic rings. The second-order valence-corrected chi connectivity index (χ2v) is 9.22. The zero-order chi connectivity index (χ0) is 22.8. The maximum absolute atomic E-state index is 6.25. The molecule has 33 heavy (non-hydrogen) atoms. The van der Waals surface area contributed by atoms with Crippen molar-refractivity contribution < 1.29 is 13.9 Å². The summed E-state index contributed by atoms with van der Waals surface area (Å²) in [5.41, 5.74) is 4.09.